The van der Waals surface area contributed by atoms with Gasteiger partial charge in [-0.2, -0.15) is 0 Å². The van der Waals surface area contributed by atoms with Gasteiger partial charge >= 0.3 is 0 Å². The molecular formula is C16H25Br2NO2. The van der Waals surface area contributed by atoms with Gasteiger partial charge in [0.05, 0.1) is 21.2 Å². The summed E-state index contributed by atoms with van der Waals surface area (Å²) in [5.74, 6) is 1.31. The van der Waals surface area contributed by atoms with E-state index in [1.165, 1.54) is 0 Å². The molecule has 1 rings (SSSR count). The van der Waals surface area contributed by atoms with Gasteiger partial charge in [0.1, 0.15) is 5.75 Å². The topological polar surface area (TPSA) is 41.5 Å². The Bertz CT molecular complexity index is 439. The molecule has 0 saturated carbocycles. The average Bonchev–Trinajstić information content (AvgIpc) is 2.32. The molecule has 21 heavy (non-hydrogen) atoms. The van der Waals surface area contributed by atoms with Gasteiger partial charge in [-0.1, -0.05) is 13.8 Å². The SMILES string of the molecule is CCOc1c(Br)cc(CNCC(C)(O)CC(C)C)cc1Br. The van der Waals surface area contributed by atoms with Gasteiger partial charge in [0.2, 0.25) is 0 Å². The van der Waals surface area contributed by atoms with E-state index < -0.39 is 5.60 Å². The number of hydrogen-bond donors (Lipinski definition) is 2. The predicted octanol–water partition coefficient (Wildman–Crippen LogP) is 4.50. The summed E-state index contributed by atoms with van der Waals surface area (Å²) in [4.78, 5) is 0. The Morgan fingerprint density at radius 2 is 1.86 bits per heavy atom. The van der Waals surface area contributed by atoms with E-state index in [0.717, 1.165) is 26.7 Å². The molecule has 0 bridgehead atoms. The van der Waals surface area contributed by atoms with E-state index in [4.69, 9.17) is 4.74 Å². The highest BCUT2D eigenvalue weighted by Gasteiger charge is 2.21. The minimum Gasteiger partial charge on any atom is -0.492 e. The molecule has 2 N–H and O–H groups in total. The molecule has 0 heterocycles. The highest BCUT2D eigenvalue weighted by molar-refractivity contribution is 9.11. The van der Waals surface area contributed by atoms with Crippen LogP contribution in [0.3, 0.4) is 0 Å². The Hall–Kier alpha value is -0.100. The first-order valence-electron chi connectivity index (χ1n) is 7.29. The molecule has 1 aromatic carbocycles. The molecule has 0 saturated heterocycles. The van der Waals surface area contributed by atoms with E-state index in [1.807, 2.05) is 26.0 Å². The maximum absolute atomic E-state index is 10.3. The molecule has 0 aliphatic rings. The van der Waals surface area contributed by atoms with Gasteiger partial charge in [0, 0.05) is 13.1 Å². The summed E-state index contributed by atoms with van der Waals surface area (Å²) in [6.07, 6.45) is 0.788. The van der Waals surface area contributed by atoms with Crippen LogP contribution in [0.2, 0.25) is 0 Å². The van der Waals surface area contributed by atoms with Gasteiger partial charge in [0.15, 0.2) is 0 Å². The van der Waals surface area contributed by atoms with E-state index in [2.05, 4.69) is 51.0 Å². The van der Waals surface area contributed by atoms with E-state index in [-0.39, 0.29) is 0 Å². The van der Waals surface area contributed by atoms with Crippen LogP contribution < -0.4 is 10.1 Å². The summed E-state index contributed by atoms with van der Waals surface area (Å²) in [6.45, 7) is 10.00. The van der Waals surface area contributed by atoms with Crippen molar-refractivity contribution in [1.29, 1.82) is 0 Å². The molecule has 0 aliphatic heterocycles. The first-order chi connectivity index (χ1) is 9.75. The number of benzene rings is 1. The minimum absolute atomic E-state index is 0.482. The zero-order chi connectivity index (χ0) is 16.0. The van der Waals surface area contributed by atoms with Crippen molar-refractivity contribution in [1.82, 2.24) is 5.32 Å². The van der Waals surface area contributed by atoms with E-state index in [1.54, 1.807) is 0 Å². The number of halogens is 2. The third-order valence-corrected chi connectivity index (χ3v) is 4.21. The third kappa shape index (κ3) is 6.68. The lowest BCUT2D eigenvalue weighted by Gasteiger charge is -2.25. The maximum atomic E-state index is 10.3. The largest absolute Gasteiger partial charge is 0.492 e. The number of aliphatic hydroxyl groups is 1. The lowest BCUT2D eigenvalue weighted by Crippen LogP contribution is -2.38. The second-order valence-electron chi connectivity index (χ2n) is 6.02. The zero-order valence-corrected chi connectivity index (χ0v) is 16.3. The van der Waals surface area contributed by atoms with E-state index in [0.29, 0.717) is 25.6 Å². The molecule has 1 unspecified atom stereocenters. The molecular weight excluding hydrogens is 398 g/mol. The molecule has 0 spiro atoms. The van der Waals surface area contributed by atoms with Crippen molar-refractivity contribution in [2.45, 2.75) is 46.3 Å². The predicted molar refractivity (Wildman–Crippen MR) is 94.8 cm³/mol. The molecule has 120 valence electrons. The fraction of sp³-hybridized carbons (Fsp3) is 0.625. The van der Waals surface area contributed by atoms with Crippen LogP contribution in [0.15, 0.2) is 21.1 Å². The molecule has 0 amide bonds. The minimum atomic E-state index is -0.673. The van der Waals surface area contributed by atoms with Gasteiger partial charge in [0.25, 0.3) is 0 Å². The summed E-state index contributed by atoms with van der Waals surface area (Å²) >= 11 is 7.06. The first-order valence-corrected chi connectivity index (χ1v) is 8.87. The van der Waals surface area contributed by atoms with Crippen LogP contribution in [0.1, 0.15) is 39.7 Å². The van der Waals surface area contributed by atoms with Crippen LogP contribution in [0.4, 0.5) is 0 Å². The molecule has 0 aliphatic carbocycles. The van der Waals surface area contributed by atoms with Gasteiger partial charge in [-0.3, -0.25) is 0 Å². The lowest BCUT2D eigenvalue weighted by atomic mass is 9.94. The summed E-state index contributed by atoms with van der Waals surface area (Å²) in [6, 6.07) is 4.08. The molecule has 5 heteroatoms. The van der Waals surface area contributed by atoms with Crippen molar-refractivity contribution in [2.75, 3.05) is 13.2 Å². The van der Waals surface area contributed by atoms with Crippen LogP contribution >= 0.6 is 31.9 Å². The van der Waals surface area contributed by atoms with E-state index >= 15 is 0 Å². The van der Waals surface area contributed by atoms with Crippen LogP contribution in [-0.4, -0.2) is 23.9 Å². The molecule has 3 nitrogen and oxygen atoms in total. The monoisotopic (exact) mass is 421 g/mol. The average molecular weight is 423 g/mol. The molecule has 0 aromatic heterocycles. The van der Waals surface area contributed by atoms with Crippen LogP contribution in [0.5, 0.6) is 5.75 Å². The van der Waals surface area contributed by atoms with Crippen LogP contribution in [0, 0.1) is 5.92 Å². The third-order valence-electron chi connectivity index (χ3n) is 3.03. The normalized spacial score (nSPS) is 14.3. The summed E-state index contributed by atoms with van der Waals surface area (Å²) in [7, 11) is 0. The van der Waals surface area contributed by atoms with E-state index in [9.17, 15) is 5.11 Å². The lowest BCUT2D eigenvalue weighted by molar-refractivity contribution is 0.0383. The number of nitrogens with one attached hydrogen (secondary N) is 1. The van der Waals surface area contributed by atoms with Crippen LogP contribution in [0.25, 0.3) is 0 Å². The fourth-order valence-corrected chi connectivity index (χ4v) is 3.93. The molecule has 0 fully saturated rings. The first kappa shape index (κ1) is 18.9. The Balaban J connectivity index is 2.60. The molecule has 1 aromatic rings. The van der Waals surface area contributed by atoms with Gasteiger partial charge in [-0.25, -0.2) is 0 Å². The fourth-order valence-electron chi connectivity index (χ4n) is 2.42. The highest BCUT2D eigenvalue weighted by Crippen LogP contribution is 2.34. The number of hydrogen-bond acceptors (Lipinski definition) is 3. The van der Waals surface area contributed by atoms with Gasteiger partial charge in [-0.15, -0.1) is 0 Å². The van der Waals surface area contributed by atoms with Crippen LogP contribution in [-0.2, 0) is 6.54 Å². The van der Waals surface area contributed by atoms with Crippen molar-refractivity contribution in [3.8, 4) is 5.75 Å². The van der Waals surface area contributed by atoms with Crippen molar-refractivity contribution < 1.29 is 9.84 Å². The highest BCUT2D eigenvalue weighted by atomic mass is 79.9. The van der Waals surface area contributed by atoms with Gasteiger partial charge in [-0.05, 0) is 75.7 Å². The molecule has 1 atom stereocenters. The Kier molecular flexibility index (Phi) is 7.68. The second-order valence-corrected chi connectivity index (χ2v) is 7.73. The molecule has 0 radical (unpaired) electrons. The summed E-state index contributed by atoms with van der Waals surface area (Å²) in [5, 5.41) is 13.6. The zero-order valence-electron chi connectivity index (χ0n) is 13.2. The second kappa shape index (κ2) is 8.51. The maximum Gasteiger partial charge on any atom is 0.147 e. The smallest absolute Gasteiger partial charge is 0.147 e. The summed E-state index contributed by atoms with van der Waals surface area (Å²) < 4.78 is 7.44. The Morgan fingerprint density at radius 3 is 2.33 bits per heavy atom. The van der Waals surface area contributed by atoms with Crippen molar-refractivity contribution >= 4 is 31.9 Å². The number of ether oxygens (including phenoxy) is 1. The quantitative estimate of drug-likeness (QED) is 0.648. The van der Waals surface area contributed by atoms with Gasteiger partial charge < -0.3 is 15.2 Å². The van der Waals surface area contributed by atoms with Crippen molar-refractivity contribution in [2.24, 2.45) is 5.92 Å². The Labute approximate surface area is 144 Å². The van der Waals surface area contributed by atoms with Crippen molar-refractivity contribution in [3.05, 3.63) is 26.6 Å². The van der Waals surface area contributed by atoms with Crippen molar-refractivity contribution in [3.63, 3.8) is 0 Å². The Morgan fingerprint density at radius 1 is 1.29 bits per heavy atom. The standard InChI is InChI=1S/C16H25Br2NO2/c1-5-21-15-13(17)6-12(7-14(15)18)9-19-10-16(4,20)8-11(2)3/h6-7,11,19-20H,5,8-10H2,1-4H3. The summed E-state index contributed by atoms with van der Waals surface area (Å²) in [5.41, 5.74) is 0.464. The number of rotatable bonds is 8.